The highest BCUT2D eigenvalue weighted by molar-refractivity contribution is 7.18. The number of hydrogen-bond acceptors (Lipinski definition) is 5. The molecule has 1 aromatic heterocycles. The lowest BCUT2D eigenvalue weighted by Gasteiger charge is -2.32. The van der Waals surface area contributed by atoms with Crippen LogP contribution in [-0.4, -0.2) is 66.5 Å². The molecule has 4 rings (SSSR count). The molecule has 2 aromatic rings. The normalized spacial score (nSPS) is 20.0. The van der Waals surface area contributed by atoms with Crippen LogP contribution in [0.4, 0.5) is 0 Å². The van der Waals surface area contributed by atoms with Gasteiger partial charge in [-0.1, -0.05) is 11.6 Å². The van der Waals surface area contributed by atoms with Crippen LogP contribution in [0.5, 0.6) is 0 Å². The van der Waals surface area contributed by atoms with Crippen LogP contribution in [0.15, 0.2) is 18.2 Å². The maximum Gasteiger partial charge on any atom is 0.223 e. The Bertz CT molecular complexity index is 766. The molecule has 5 nitrogen and oxygen atoms in total. The van der Waals surface area contributed by atoms with Gasteiger partial charge in [0.05, 0.1) is 15.2 Å². The second-order valence-electron chi connectivity index (χ2n) is 7.16. The minimum Gasteiger partial charge on any atom is -0.340 e. The van der Waals surface area contributed by atoms with Crippen LogP contribution in [0.1, 0.15) is 30.2 Å². The van der Waals surface area contributed by atoms with Gasteiger partial charge < -0.3 is 15.1 Å². The fourth-order valence-corrected chi connectivity index (χ4v) is 5.11. The van der Waals surface area contributed by atoms with Crippen molar-refractivity contribution in [1.82, 2.24) is 20.1 Å². The summed E-state index contributed by atoms with van der Waals surface area (Å²) < 4.78 is 1.22. The van der Waals surface area contributed by atoms with Crippen molar-refractivity contribution in [2.75, 3.05) is 45.8 Å². The summed E-state index contributed by atoms with van der Waals surface area (Å²) in [6.07, 6.45) is 2.88. The van der Waals surface area contributed by atoms with Crippen molar-refractivity contribution in [3.8, 4) is 0 Å². The van der Waals surface area contributed by atoms with Gasteiger partial charge in [-0.25, -0.2) is 4.98 Å². The summed E-state index contributed by atoms with van der Waals surface area (Å²) in [6.45, 7) is 6.53. The van der Waals surface area contributed by atoms with E-state index in [0.717, 1.165) is 69.2 Å². The van der Waals surface area contributed by atoms with E-state index in [1.807, 2.05) is 17.0 Å². The minimum atomic E-state index is 0.302. The highest BCUT2D eigenvalue weighted by atomic mass is 35.5. The summed E-state index contributed by atoms with van der Waals surface area (Å²) in [5.74, 6) is 0.836. The first-order valence-corrected chi connectivity index (χ1v) is 10.7. The average molecular weight is 393 g/mol. The van der Waals surface area contributed by atoms with Crippen molar-refractivity contribution in [2.24, 2.45) is 0 Å². The van der Waals surface area contributed by atoms with Crippen molar-refractivity contribution in [3.05, 3.63) is 28.2 Å². The summed E-state index contributed by atoms with van der Waals surface area (Å²) in [5.41, 5.74) is 1.02. The SMILES string of the molecule is O=C(CCN1CCC(c2nc3cc(Cl)ccc3s2)CC1)N1CCNCC1. The Morgan fingerprint density at radius 2 is 2.00 bits per heavy atom. The van der Waals surface area contributed by atoms with E-state index in [1.54, 1.807) is 11.3 Å². The number of aromatic nitrogens is 1. The molecule has 140 valence electrons. The number of benzene rings is 1. The van der Waals surface area contributed by atoms with E-state index in [-0.39, 0.29) is 0 Å². The highest BCUT2D eigenvalue weighted by Crippen LogP contribution is 2.34. The van der Waals surface area contributed by atoms with Gasteiger partial charge in [-0.3, -0.25) is 4.79 Å². The van der Waals surface area contributed by atoms with Crippen LogP contribution in [-0.2, 0) is 4.79 Å². The predicted octanol–water partition coefficient (Wildman–Crippen LogP) is 2.95. The Morgan fingerprint density at radius 3 is 2.77 bits per heavy atom. The Kier molecular flexibility index (Phi) is 5.74. The van der Waals surface area contributed by atoms with Gasteiger partial charge in [0.1, 0.15) is 0 Å². The third-order valence-electron chi connectivity index (χ3n) is 5.41. The lowest BCUT2D eigenvalue weighted by molar-refractivity contribution is -0.132. The molecule has 2 fully saturated rings. The Balaban J connectivity index is 1.27. The molecule has 0 bridgehead atoms. The molecule has 26 heavy (non-hydrogen) atoms. The first-order valence-electron chi connectivity index (χ1n) is 9.46. The number of nitrogens with one attached hydrogen (secondary N) is 1. The van der Waals surface area contributed by atoms with Gasteiger partial charge in [0.2, 0.25) is 5.91 Å². The molecule has 2 saturated heterocycles. The standard InChI is InChI=1S/C19H25ClN4OS/c20-15-1-2-17-16(13-15)22-19(26-17)14-3-8-23(9-4-14)10-5-18(25)24-11-6-21-7-12-24/h1-2,13-14,21H,3-12H2. The number of hydrogen-bond donors (Lipinski definition) is 1. The van der Waals surface area contributed by atoms with E-state index < -0.39 is 0 Å². The van der Waals surface area contributed by atoms with Crippen molar-refractivity contribution in [3.63, 3.8) is 0 Å². The number of piperazine rings is 1. The molecule has 0 radical (unpaired) electrons. The predicted molar refractivity (Wildman–Crippen MR) is 107 cm³/mol. The molecule has 0 saturated carbocycles. The fourth-order valence-electron chi connectivity index (χ4n) is 3.82. The largest absolute Gasteiger partial charge is 0.340 e. The highest BCUT2D eigenvalue weighted by Gasteiger charge is 2.24. The zero-order valence-corrected chi connectivity index (χ0v) is 16.5. The van der Waals surface area contributed by atoms with Crippen LogP contribution >= 0.6 is 22.9 Å². The number of halogens is 1. The Morgan fingerprint density at radius 1 is 1.23 bits per heavy atom. The van der Waals surface area contributed by atoms with E-state index in [4.69, 9.17) is 16.6 Å². The number of thiazole rings is 1. The lowest BCUT2D eigenvalue weighted by atomic mass is 9.97. The van der Waals surface area contributed by atoms with E-state index in [9.17, 15) is 4.79 Å². The van der Waals surface area contributed by atoms with Crippen LogP contribution in [0.25, 0.3) is 10.2 Å². The summed E-state index contributed by atoms with van der Waals surface area (Å²) in [4.78, 5) is 21.5. The molecule has 0 aliphatic carbocycles. The van der Waals surface area contributed by atoms with Crippen molar-refractivity contribution in [2.45, 2.75) is 25.2 Å². The van der Waals surface area contributed by atoms with Gasteiger partial charge >= 0.3 is 0 Å². The minimum absolute atomic E-state index is 0.302. The van der Waals surface area contributed by atoms with Gasteiger partial charge in [0.25, 0.3) is 0 Å². The number of fused-ring (bicyclic) bond motifs is 1. The number of likely N-dealkylation sites (tertiary alicyclic amines) is 1. The lowest BCUT2D eigenvalue weighted by Crippen LogP contribution is -2.47. The van der Waals surface area contributed by atoms with Crippen molar-refractivity contribution in [1.29, 1.82) is 0 Å². The Hall–Kier alpha value is -1.21. The van der Waals surface area contributed by atoms with E-state index in [1.165, 1.54) is 9.71 Å². The zero-order valence-electron chi connectivity index (χ0n) is 14.9. The molecule has 0 atom stereocenters. The smallest absolute Gasteiger partial charge is 0.223 e. The van der Waals surface area contributed by atoms with Crippen LogP contribution in [0, 0.1) is 0 Å². The van der Waals surface area contributed by atoms with E-state index >= 15 is 0 Å². The van der Waals surface area contributed by atoms with E-state index in [0.29, 0.717) is 18.2 Å². The average Bonchev–Trinajstić information content (AvgIpc) is 3.10. The summed E-state index contributed by atoms with van der Waals surface area (Å²) in [5, 5.41) is 5.27. The van der Waals surface area contributed by atoms with Gasteiger partial charge in [-0.2, -0.15) is 0 Å². The van der Waals surface area contributed by atoms with Gasteiger partial charge in [-0.05, 0) is 44.1 Å². The number of amides is 1. The van der Waals surface area contributed by atoms with Gasteiger partial charge in [0, 0.05) is 50.1 Å². The quantitative estimate of drug-likeness (QED) is 0.869. The molecule has 7 heteroatoms. The molecule has 1 aromatic carbocycles. The van der Waals surface area contributed by atoms with Crippen LogP contribution in [0.3, 0.4) is 0 Å². The molecule has 3 heterocycles. The number of rotatable bonds is 4. The summed E-state index contributed by atoms with van der Waals surface area (Å²) >= 11 is 7.87. The van der Waals surface area contributed by atoms with Crippen molar-refractivity contribution >= 4 is 39.1 Å². The summed E-state index contributed by atoms with van der Waals surface area (Å²) in [7, 11) is 0. The van der Waals surface area contributed by atoms with Crippen LogP contribution < -0.4 is 5.32 Å². The molecular weight excluding hydrogens is 368 g/mol. The maximum absolute atomic E-state index is 12.3. The third-order valence-corrected chi connectivity index (χ3v) is 6.85. The second-order valence-corrected chi connectivity index (χ2v) is 8.66. The molecule has 0 spiro atoms. The number of carbonyl (C=O) groups is 1. The molecule has 1 N–H and O–H groups in total. The molecule has 0 unspecified atom stereocenters. The first-order chi connectivity index (χ1) is 12.7. The van der Waals surface area contributed by atoms with E-state index in [2.05, 4.69) is 16.3 Å². The molecule has 2 aliphatic rings. The van der Waals surface area contributed by atoms with Crippen LogP contribution in [0.2, 0.25) is 5.02 Å². The number of piperidine rings is 1. The molecule has 1 amide bonds. The van der Waals surface area contributed by atoms with Gasteiger partial charge in [0.15, 0.2) is 0 Å². The first kappa shape index (κ1) is 18.2. The molecule has 2 aliphatic heterocycles. The fraction of sp³-hybridized carbons (Fsp3) is 0.579. The summed E-state index contributed by atoms with van der Waals surface area (Å²) in [6, 6.07) is 5.95. The monoisotopic (exact) mass is 392 g/mol. The second kappa shape index (κ2) is 8.21. The topological polar surface area (TPSA) is 48.5 Å². The number of nitrogens with zero attached hydrogens (tertiary/aromatic N) is 3. The van der Waals surface area contributed by atoms with Crippen molar-refractivity contribution < 1.29 is 4.79 Å². The third kappa shape index (κ3) is 4.19. The Labute approximate surface area is 163 Å². The molecular formula is C19H25ClN4OS. The maximum atomic E-state index is 12.3. The zero-order chi connectivity index (χ0) is 17.9. The number of carbonyl (C=O) groups excluding carboxylic acids is 1. The van der Waals surface area contributed by atoms with Gasteiger partial charge in [-0.15, -0.1) is 11.3 Å².